The molecule has 3 nitrogen and oxygen atoms in total. The summed E-state index contributed by atoms with van der Waals surface area (Å²) in [6.45, 7) is 4.36. The molecule has 0 bridgehead atoms. The minimum atomic E-state index is -1.01. The van der Waals surface area contributed by atoms with Gasteiger partial charge < -0.3 is 10.6 Å². The molecule has 21 heavy (non-hydrogen) atoms. The van der Waals surface area contributed by atoms with E-state index in [1.165, 1.54) is 5.56 Å². The van der Waals surface area contributed by atoms with Gasteiger partial charge in [-0.25, -0.2) is 0 Å². The number of nitrogens with zero attached hydrogens (tertiary/aromatic N) is 1. The first-order chi connectivity index (χ1) is 9.91. The van der Waals surface area contributed by atoms with Crippen molar-refractivity contribution in [1.82, 2.24) is 4.90 Å². The molecule has 2 aromatic carbocycles. The van der Waals surface area contributed by atoms with Gasteiger partial charge in [0.1, 0.15) is 5.54 Å². The van der Waals surface area contributed by atoms with Crippen molar-refractivity contribution < 1.29 is 4.79 Å². The average molecular weight is 282 g/mol. The molecule has 0 fully saturated rings. The number of aryl methyl sites for hydroxylation is 1. The van der Waals surface area contributed by atoms with E-state index < -0.39 is 5.54 Å². The van der Waals surface area contributed by atoms with Gasteiger partial charge in [0.2, 0.25) is 5.91 Å². The lowest BCUT2D eigenvalue weighted by molar-refractivity contribution is -0.136. The summed E-state index contributed by atoms with van der Waals surface area (Å²) in [5.74, 6) is -0.0878. The molecule has 2 rings (SSSR count). The Morgan fingerprint density at radius 2 is 1.81 bits per heavy atom. The summed E-state index contributed by atoms with van der Waals surface area (Å²) >= 11 is 0. The van der Waals surface area contributed by atoms with Crippen molar-refractivity contribution in [3.05, 3.63) is 71.3 Å². The van der Waals surface area contributed by atoms with Crippen LogP contribution in [0.1, 0.15) is 23.6 Å². The molecule has 0 saturated heterocycles. The van der Waals surface area contributed by atoms with Gasteiger partial charge in [0, 0.05) is 13.6 Å². The Hall–Kier alpha value is -2.13. The Morgan fingerprint density at radius 1 is 1.14 bits per heavy atom. The van der Waals surface area contributed by atoms with Gasteiger partial charge >= 0.3 is 0 Å². The second-order valence-corrected chi connectivity index (χ2v) is 5.72. The summed E-state index contributed by atoms with van der Waals surface area (Å²) < 4.78 is 0. The van der Waals surface area contributed by atoms with E-state index in [4.69, 9.17) is 5.73 Å². The van der Waals surface area contributed by atoms with Crippen LogP contribution in [0.4, 0.5) is 0 Å². The fourth-order valence-corrected chi connectivity index (χ4v) is 2.46. The second kappa shape index (κ2) is 6.10. The molecular formula is C18H22N2O. The van der Waals surface area contributed by atoms with Gasteiger partial charge in [-0.05, 0) is 25.0 Å². The molecule has 2 aromatic rings. The predicted octanol–water partition coefficient (Wildman–Crippen LogP) is 2.83. The van der Waals surface area contributed by atoms with Crippen LogP contribution in [-0.4, -0.2) is 17.9 Å². The summed E-state index contributed by atoms with van der Waals surface area (Å²) in [5.41, 5.74) is 8.38. The van der Waals surface area contributed by atoms with Crippen molar-refractivity contribution in [1.29, 1.82) is 0 Å². The van der Waals surface area contributed by atoms with Crippen LogP contribution in [0.2, 0.25) is 0 Å². The van der Waals surface area contributed by atoms with E-state index in [-0.39, 0.29) is 5.91 Å². The van der Waals surface area contributed by atoms with Gasteiger partial charge in [0.25, 0.3) is 0 Å². The van der Waals surface area contributed by atoms with E-state index in [1.54, 1.807) is 18.9 Å². The zero-order valence-corrected chi connectivity index (χ0v) is 12.8. The van der Waals surface area contributed by atoms with Crippen LogP contribution in [0.5, 0.6) is 0 Å². The number of hydrogen-bond acceptors (Lipinski definition) is 2. The minimum Gasteiger partial charge on any atom is -0.340 e. The average Bonchev–Trinajstić information content (AvgIpc) is 2.47. The number of benzene rings is 2. The van der Waals surface area contributed by atoms with Gasteiger partial charge in [-0.3, -0.25) is 4.79 Å². The molecule has 1 amide bonds. The third-order valence-corrected chi connectivity index (χ3v) is 3.67. The molecule has 0 radical (unpaired) electrons. The van der Waals surface area contributed by atoms with Crippen LogP contribution in [0.25, 0.3) is 0 Å². The smallest absolute Gasteiger partial charge is 0.247 e. The molecule has 0 aliphatic rings. The highest BCUT2D eigenvalue weighted by Gasteiger charge is 2.32. The molecule has 0 heterocycles. The maximum absolute atomic E-state index is 12.7. The molecule has 0 aliphatic carbocycles. The van der Waals surface area contributed by atoms with Crippen LogP contribution in [-0.2, 0) is 16.9 Å². The minimum absolute atomic E-state index is 0.0878. The first-order valence-corrected chi connectivity index (χ1v) is 7.07. The molecule has 110 valence electrons. The van der Waals surface area contributed by atoms with E-state index in [2.05, 4.69) is 6.07 Å². The monoisotopic (exact) mass is 282 g/mol. The normalized spacial score (nSPS) is 13.5. The van der Waals surface area contributed by atoms with Crippen molar-refractivity contribution in [3.8, 4) is 0 Å². The summed E-state index contributed by atoms with van der Waals surface area (Å²) in [6.07, 6.45) is 0. The molecule has 3 heteroatoms. The van der Waals surface area contributed by atoms with Crippen molar-refractivity contribution >= 4 is 5.91 Å². The van der Waals surface area contributed by atoms with Crippen LogP contribution in [0.3, 0.4) is 0 Å². The third kappa shape index (κ3) is 3.50. The molecule has 1 unspecified atom stereocenters. The molecule has 0 spiro atoms. The van der Waals surface area contributed by atoms with Crippen LogP contribution >= 0.6 is 0 Å². The van der Waals surface area contributed by atoms with Gasteiger partial charge in [0.05, 0.1) is 0 Å². The quantitative estimate of drug-likeness (QED) is 0.937. The Morgan fingerprint density at radius 3 is 2.43 bits per heavy atom. The highest BCUT2D eigenvalue weighted by atomic mass is 16.2. The Balaban J connectivity index is 2.15. The SMILES string of the molecule is Cc1cccc(CN(C)C(=O)C(C)(N)c2ccccc2)c1. The van der Waals surface area contributed by atoms with Gasteiger partial charge in [-0.1, -0.05) is 60.2 Å². The number of carbonyl (C=O) groups excluding carboxylic acids is 1. The molecular weight excluding hydrogens is 260 g/mol. The van der Waals surface area contributed by atoms with Crippen molar-refractivity contribution in [2.24, 2.45) is 5.73 Å². The molecule has 0 saturated carbocycles. The highest BCUT2D eigenvalue weighted by molar-refractivity contribution is 5.86. The van der Waals surface area contributed by atoms with Crippen LogP contribution in [0.15, 0.2) is 54.6 Å². The van der Waals surface area contributed by atoms with E-state index in [9.17, 15) is 4.79 Å². The van der Waals surface area contributed by atoms with Gasteiger partial charge in [-0.2, -0.15) is 0 Å². The summed E-state index contributed by atoms with van der Waals surface area (Å²) in [7, 11) is 1.79. The Kier molecular flexibility index (Phi) is 4.43. The summed E-state index contributed by atoms with van der Waals surface area (Å²) in [5, 5.41) is 0. The number of carbonyl (C=O) groups is 1. The Bertz CT molecular complexity index is 620. The van der Waals surface area contributed by atoms with E-state index in [0.717, 1.165) is 11.1 Å². The van der Waals surface area contributed by atoms with E-state index in [0.29, 0.717) is 6.54 Å². The van der Waals surface area contributed by atoms with E-state index in [1.807, 2.05) is 55.5 Å². The first kappa shape index (κ1) is 15.3. The maximum atomic E-state index is 12.7. The highest BCUT2D eigenvalue weighted by Crippen LogP contribution is 2.20. The summed E-state index contributed by atoms with van der Waals surface area (Å²) in [4.78, 5) is 14.3. The van der Waals surface area contributed by atoms with Gasteiger partial charge in [-0.15, -0.1) is 0 Å². The number of nitrogens with two attached hydrogens (primary N) is 1. The number of hydrogen-bond donors (Lipinski definition) is 1. The van der Waals surface area contributed by atoms with Crippen LogP contribution in [0, 0.1) is 6.92 Å². The lowest BCUT2D eigenvalue weighted by atomic mass is 9.91. The van der Waals surface area contributed by atoms with Crippen LogP contribution < -0.4 is 5.73 Å². The number of likely N-dealkylation sites (N-methyl/N-ethyl adjacent to an activating group) is 1. The topological polar surface area (TPSA) is 46.3 Å². The maximum Gasteiger partial charge on any atom is 0.247 e. The molecule has 1 atom stereocenters. The second-order valence-electron chi connectivity index (χ2n) is 5.72. The number of rotatable bonds is 4. The zero-order valence-electron chi connectivity index (χ0n) is 12.8. The zero-order chi connectivity index (χ0) is 15.5. The summed E-state index contributed by atoms with van der Waals surface area (Å²) in [6, 6.07) is 17.6. The van der Waals surface area contributed by atoms with Crippen molar-refractivity contribution in [3.63, 3.8) is 0 Å². The fourth-order valence-electron chi connectivity index (χ4n) is 2.46. The lowest BCUT2D eigenvalue weighted by Gasteiger charge is -2.29. The van der Waals surface area contributed by atoms with Gasteiger partial charge in [0.15, 0.2) is 0 Å². The molecule has 0 aromatic heterocycles. The predicted molar refractivity (Wildman–Crippen MR) is 85.6 cm³/mol. The first-order valence-electron chi connectivity index (χ1n) is 7.07. The largest absolute Gasteiger partial charge is 0.340 e. The van der Waals surface area contributed by atoms with Crippen molar-refractivity contribution in [2.45, 2.75) is 25.9 Å². The molecule has 2 N–H and O–H groups in total. The number of amides is 1. The third-order valence-electron chi connectivity index (χ3n) is 3.67. The lowest BCUT2D eigenvalue weighted by Crippen LogP contribution is -2.49. The molecule has 0 aliphatic heterocycles. The van der Waals surface area contributed by atoms with E-state index >= 15 is 0 Å². The standard InChI is InChI=1S/C18H22N2O/c1-14-8-7-9-15(12-14)13-20(3)17(21)18(2,19)16-10-5-4-6-11-16/h4-12H,13,19H2,1-3H3. The van der Waals surface area contributed by atoms with Crippen molar-refractivity contribution in [2.75, 3.05) is 7.05 Å². The fraction of sp³-hybridized carbons (Fsp3) is 0.278. The Labute approximate surface area is 126 Å².